The van der Waals surface area contributed by atoms with Crippen LogP contribution < -0.4 is 5.32 Å². The molecule has 0 rings (SSSR count). The number of carbonyl (C=O) groups is 1. The zero-order valence-corrected chi connectivity index (χ0v) is 21.7. The summed E-state index contributed by atoms with van der Waals surface area (Å²) in [5.41, 5.74) is -6.39. The Hall–Kier alpha value is -0.0100. The first kappa shape index (κ1) is 36.1. The van der Waals surface area contributed by atoms with Crippen LogP contribution in [0.25, 0.3) is 0 Å². The van der Waals surface area contributed by atoms with Gasteiger partial charge in [0.05, 0.1) is 0 Å². The fraction of sp³-hybridized carbons (Fsp3) is 0.933. The fourth-order valence-corrected chi connectivity index (χ4v) is 3.30. The van der Waals surface area contributed by atoms with E-state index in [-0.39, 0.29) is 18.1 Å². The molecule has 0 bridgehead atoms. The number of rotatable bonds is 10. The van der Waals surface area contributed by atoms with Gasteiger partial charge in [0, 0.05) is 0 Å². The number of nitrogens with one attached hydrogen (secondary N) is 1. The summed E-state index contributed by atoms with van der Waals surface area (Å²) in [5, 5.41) is 2.70. The number of hydrogen-bond acceptors (Lipinski definition) is 4. The maximum atomic E-state index is 13.7. The molecule has 1 amide bonds. The molecule has 1 unspecified atom stereocenters. The van der Waals surface area contributed by atoms with Crippen molar-refractivity contribution in [1.82, 2.24) is 5.32 Å². The molecular weight excluding hydrogens is 551 g/mol. The van der Waals surface area contributed by atoms with Gasteiger partial charge < -0.3 is 0 Å². The van der Waals surface area contributed by atoms with E-state index in [1.165, 1.54) is 0 Å². The number of alkyl halides is 10. The van der Waals surface area contributed by atoms with Gasteiger partial charge in [0.15, 0.2) is 0 Å². The van der Waals surface area contributed by atoms with Gasteiger partial charge in [0.1, 0.15) is 0 Å². The normalized spacial score (nSPS) is 14.8. The summed E-state index contributed by atoms with van der Waals surface area (Å²) in [6, 6.07) is 0. The molecule has 0 spiro atoms. The first-order valence-electron chi connectivity index (χ1n) is 9.24. The fourth-order valence-electron chi connectivity index (χ4n) is 2.13. The molecule has 0 aliphatic rings. The van der Waals surface area contributed by atoms with E-state index in [9.17, 15) is 48.7 Å². The molecule has 0 saturated carbocycles. The Morgan fingerprint density at radius 3 is 1.68 bits per heavy atom. The molecule has 0 aromatic heterocycles. The van der Waals surface area contributed by atoms with Crippen LogP contribution in [0.15, 0.2) is 0 Å². The Morgan fingerprint density at radius 2 is 1.35 bits per heavy atom. The predicted octanol–water partition coefficient (Wildman–Crippen LogP) is 4.73. The standard InChI is InChI=1S/C15H20F10NOS.Na.H2O4S/c1-11(2,3)26-10(27)5-7-28-6-4-9(13(17,18)19)8-12(16,14(20,21)22)15(23,24)25;;1-5(2,3)4/h9H,1,4-8H2,2-3H3,(H,26,27);;(H2,1,2,3,4). The first-order chi connectivity index (χ1) is 14.8. The van der Waals surface area contributed by atoms with Gasteiger partial charge in [-0.25, -0.2) is 4.39 Å². The molecule has 0 radical (unpaired) electrons. The minimum Gasteiger partial charge on any atom is -0.264 e. The van der Waals surface area contributed by atoms with Crippen LogP contribution in [-0.2, 0) is 15.2 Å². The van der Waals surface area contributed by atoms with Gasteiger partial charge in [-0.05, 0) is 0 Å². The topological polar surface area (TPSA) is 104 Å². The summed E-state index contributed by atoms with van der Waals surface area (Å²) in [6.45, 7) is 3.56. The van der Waals surface area contributed by atoms with E-state index in [4.69, 9.17) is 17.5 Å². The van der Waals surface area contributed by atoms with Crippen molar-refractivity contribution >= 4 is 56.0 Å². The van der Waals surface area contributed by atoms with E-state index < -0.39 is 64.6 Å². The van der Waals surface area contributed by atoms with Crippen molar-refractivity contribution in [3.63, 3.8) is 0 Å². The molecule has 0 aromatic carbocycles. The van der Waals surface area contributed by atoms with Gasteiger partial charge in [0.25, 0.3) is 0 Å². The van der Waals surface area contributed by atoms with E-state index in [2.05, 4.69) is 5.32 Å². The van der Waals surface area contributed by atoms with E-state index in [0.29, 0.717) is 0 Å². The molecule has 0 aliphatic heterocycles. The third-order valence-electron chi connectivity index (χ3n) is 4.34. The van der Waals surface area contributed by atoms with Crippen molar-refractivity contribution in [1.29, 1.82) is 0 Å². The summed E-state index contributed by atoms with van der Waals surface area (Å²) >= 11 is 1.59. The van der Waals surface area contributed by atoms with Crippen molar-refractivity contribution in [3.05, 3.63) is 0 Å². The third kappa shape index (κ3) is 15.2. The van der Waals surface area contributed by atoms with Crippen molar-refractivity contribution < 1.29 is 66.2 Å². The second kappa shape index (κ2) is 13.5. The summed E-state index contributed by atoms with van der Waals surface area (Å²) in [4.78, 5) is 11.7. The quantitative estimate of drug-likeness (QED) is 0.151. The second-order valence-electron chi connectivity index (χ2n) is 7.62. The van der Waals surface area contributed by atoms with Gasteiger partial charge >= 0.3 is 163 Å². The van der Waals surface area contributed by atoms with Crippen LogP contribution in [0.5, 0.6) is 0 Å². The van der Waals surface area contributed by atoms with Crippen molar-refractivity contribution in [3.8, 4) is 0 Å². The van der Waals surface area contributed by atoms with Gasteiger partial charge in [0.2, 0.25) is 0 Å². The Balaban J connectivity index is 0. The molecular formula is C15H22F10NNaO5S2. The molecule has 0 fully saturated rings. The van der Waals surface area contributed by atoms with Crippen molar-refractivity contribution in [2.24, 2.45) is 5.92 Å². The molecule has 200 valence electrons. The molecule has 3 N–H and O–H groups in total. The Kier molecular flexibility index (Phi) is 14.4. The monoisotopic (exact) mass is 573 g/mol. The first-order valence-corrected chi connectivity index (χ1v) is 13.2. The molecule has 6 nitrogen and oxygen atoms in total. The minimum atomic E-state index is -6.53. The number of thioether (sulfide) groups is 1. The molecule has 0 aromatic rings. The third-order valence-corrected chi connectivity index (χ3v) is 7.12. The minimum absolute atomic E-state index is 0.0208. The van der Waals surface area contributed by atoms with Crippen LogP contribution in [0, 0.1) is 5.92 Å². The number of halogens is 10. The molecule has 1 atom stereocenters. The van der Waals surface area contributed by atoms with Gasteiger partial charge in [-0.3, -0.25) is 9.11 Å². The van der Waals surface area contributed by atoms with Crippen LogP contribution in [0.3, 0.4) is 0 Å². The summed E-state index contributed by atoms with van der Waals surface area (Å²) in [6.07, 6.45) is -22.5. The maximum absolute atomic E-state index is 13.7. The second-order valence-corrected chi connectivity index (χ2v) is 10.5. The average Bonchev–Trinajstić information content (AvgIpc) is 2.55. The van der Waals surface area contributed by atoms with Crippen LogP contribution in [0.2, 0.25) is 3.67 Å². The molecule has 34 heavy (non-hydrogen) atoms. The number of hydrogen-bond donors (Lipinski definition) is 3. The van der Waals surface area contributed by atoms with Crippen molar-refractivity contribution in [2.45, 2.75) is 66.5 Å². The molecule has 0 heterocycles. The zero-order chi connectivity index (χ0) is 27.8. The van der Waals surface area contributed by atoms with Gasteiger partial charge in [-0.2, -0.15) is 34.8 Å². The Labute approximate surface area is 211 Å². The van der Waals surface area contributed by atoms with Crippen LogP contribution in [0.1, 0.15) is 33.1 Å². The molecule has 0 saturated heterocycles. The van der Waals surface area contributed by atoms with Crippen LogP contribution in [-0.4, -0.2) is 92.6 Å². The van der Waals surface area contributed by atoms with E-state index >= 15 is 0 Å². The van der Waals surface area contributed by atoms with Gasteiger partial charge in [-0.15, -0.1) is 0 Å². The summed E-state index contributed by atoms with van der Waals surface area (Å²) in [7, 11) is -4.67. The van der Waals surface area contributed by atoms with Gasteiger partial charge in [-0.1, -0.05) is 0 Å². The van der Waals surface area contributed by atoms with E-state index in [1.807, 2.05) is 0 Å². The Morgan fingerprint density at radius 1 is 0.941 bits per heavy atom. The van der Waals surface area contributed by atoms with Crippen LogP contribution in [0.4, 0.5) is 43.9 Å². The Bertz CT molecular complexity index is 719. The van der Waals surface area contributed by atoms with E-state index in [1.54, 1.807) is 13.8 Å². The smallest absolute Gasteiger partial charge is 0.264 e. The van der Waals surface area contributed by atoms with E-state index in [0.717, 1.165) is 43.4 Å². The summed E-state index contributed by atoms with van der Waals surface area (Å²) < 4.78 is 160. The molecule has 19 heteroatoms. The SMILES string of the molecule is CC(C)([CH2][Na])NC(=O)CCSCCC(CC(F)(C(F)(F)F)C(F)(F)F)C(F)(F)F.O=S(=O)(O)O. The number of amides is 1. The van der Waals surface area contributed by atoms with Crippen LogP contribution >= 0.6 is 11.8 Å². The average molecular weight is 573 g/mol. The molecule has 0 aliphatic carbocycles. The predicted molar refractivity (Wildman–Crippen MR) is 104 cm³/mol. The zero-order valence-electron chi connectivity index (χ0n) is 18.0. The van der Waals surface area contributed by atoms with Crippen molar-refractivity contribution in [2.75, 3.05) is 11.5 Å². The number of carbonyl (C=O) groups excluding carboxylic acids is 1. The summed E-state index contributed by atoms with van der Waals surface area (Å²) in [5.74, 6) is -3.97.